The minimum Gasteiger partial charge on any atom is -0.492 e. The fourth-order valence-corrected chi connectivity index (χ4v) is 1.79. The van der Waals surface area contributed by atoms with Crippen LogP contribution in [0, 0.1) is 5.92 Å². The van der Waals surface area contributed by atoms with Gasteiger partial charge in [-0.3, -0.25) is 0 Å². The van der Waals surface area contributed by atoms with E-state index in [1.54, 1.807) is 18.2 Å². The number of hydrogen-bond donors (Lipinski definition) is 0. The summed E-state index contributed by atoms with van der Waals surface area (Å²) in [5, 5.41) is 0. The van der Waals surface area contributed by atoms with Crippen molar-refractivity contribution >= 4 is 5.97 Å². The minimum atomic E-state index is -0.372. The van der Waals surface area contributed by atoms with E-state index in [-0.39, 0.29) is 5.97 Å². The van der Waals surface area contributed by atoms with Gasteiger partial charge in [0, 0.05) is 12.5 Å². The maximum Gasteiger partial charge on any atom is 0.341 e. The number of hydrogen-bond acceptors (Lipinski definition) is 4. The first-order chi connectivity index (χ1) is 8.31. The Morgan fingerprint density at radius 3 is 3.00 bits per heavy atom. The largest absolute Gasteiger partial charge is 0.492 e. The molecule has 1 heterocycles. The fraction of sp³-hybridized carbons (Fsp3) is 0.462. The molecule has 1 aliphatic heterocycles. The van der Waals surface area contributed by atoms with Gasteiger partial charge in [0.15, 0.2) is 0 Å². The summed E-state index contributed by atoms with van der Waals surface area (Å²) in [6.45, 7) is 2.11. The zero-order valence-electron chi connectivity index (χ0n) is 9.85. The predicted octanol–water partition coefficient (Wildman–Crippen LogP) is 1.89. The monoisotopic (exact) mass is 236 g/mol. The fourth-order valence-electron chi connectivity index (χ4n) is 1.79. The van der Waals surface area contributed by atoms with Crippen LogP contribution in [0.15, 0.2) is 24.3 Å². The molecule has 1 unspecified atom stereocenters. The van der Waals surface area contributed by atoms with Crippen LogP contribution < -0.4 is 4.74 Å². The molecule has 0 N–H and O–H groups in total. The maximum absolute atomic E-state index is 11.5. The molecule has 0 saturated carbocycles. The third kappa shape index (κ3) is 2.97. The number of rotatable bonds is 4. The van der Waals surface area contributed by atoms with Crippen molar-refractivity contribution in [3.05, 3.63) is 29.8 Å². The van der Waals surface area contributed by atoms with E-state index in [0.29, 0.717) is 23.8 Å². The highest BCUT2D eigenvalue weighted by Gasteiger charge is 2.18. The van der Waals surface area contributed by atoms with Crippen molar-refractivity contribution in [3.8, 4) is 5.75 Å². The second-order valence-electron chi connectivity index (χ2n) is 4.03. The molecule has 0 amide bonds. The molecule has 1 saturated heterocycles. The number of esters is 1. The lowest BCUT2D eigenvalue weighted by Gasteiger charge is -2.12. The van der Waals surface area contributed by atoms with Crippen molar-refractivity contribution in [2.45, 2.75) is 6.42 Å². The molecule has 1 aromatic rings. The number of para-hydroxylation sites is 1. The molecule has 1 aliphatic rings. The highest BCUT2D eigenvalue weighted by molar-refractivity contribution is 5.92. The van der Waals surface area contributed by atoms with E-state index in [0.717, 1.165) is 19.6 Å². The molecule has 1 atom stereocenters. The summed E-state index contributed by atoms with van der Waals surface area (Å²) >= 11 is 0. The second kappa shape index (κ2) is 5.68. The van der Waals surface area contributed by atoms with Crippen LogP contribution in [0.1, 0.15) is 16.8 Å². The van der Waals surface area contributed by atoms with Crippen LogP contribution in [0.5, 0.6) is 5.75 Å². The van der Waals surface area contributed by atoms with E-state index in [1.807, 2.05) is 6.07 Å². The molecule has 1 aromatic carbocycles. The number of methoxy groups -OCH3 is 1. The molecule has 17 heavy (non-hydrogen) atoms. The van der Waals surface area contributed by atoms with E-state index < -0.39 is 0 Å². The van der Waals surface area contributed by atoms with Crippen molar-refractivity contribution in [2.75, 3.05) is 26.9 Å². The van der Waals surface area contributed by atoms with Gasteiger partial charge in [0.2, 0.25) is 0 Å². The Labute approximate surface area is 100 Å². The molecule has 0 aromatic heterocycles. The highest BCUT2D eigenvalue weighted by atomic mass is 16.5. The number of carbonyl (C=O) groups is 1. The van der Waals surface area contributed by atoms with Crippen LogP contribution in [0.3, 0.4) is 0 Å². The Morgan fingerprint density at radius 1 is 1.47 bits per heavy atom. The summed E-state index contributed by atoms with van der Waals surface area (Å²) in [6, 6.07) is 7.11. The Hall–Kier alpha value is -1.55. The Kier molecular flexibility index (Phi) is 3.98. The standard InChI is InChI=1S/C13H16O4/c1-15-13(14)11-4-2-3-5-12(11)17-9-10-6-7-16-8-10/h2-5,10H,6-9H2,1H3. The third-order valence-electron chi connectivity index (χ3n) is 2.79. The number of carbonyl (C=O) groups excluding carboxylic acids is 1. The van der Waals surface area contributed by atoms with Gasteiger partial charge in [-0.1, -0.05) is 12.1 Å². The topological polar surface area (TPSA) is 44.8 Å². The summed E-state index contributed by atoms with van der Waals surface area (Å²) in [4.78, 5) is 11.5. The summed E-state index contributed by atoms with van der Waals surface area (Å²) in [6.07, 6.45) is 1.01. The summed E-state index contributed by atoms with van der Waals surface area (Å²) < 4.78 is 15.6. The second-order valence-corrected chi connectivity index (χ2v) is 4.03. The average Bonchev–Trinajstić information content (AvgIpc) is 2.89. The van der Waals surface area contributed by atoms with Gasteiger partial charge < -0.3 is 14.2 Å². The quantitative estimate of drug-likeness (QED) is 0.749. The van der Waals surface area contributed by atoms with Crippen molar-refractivity contribution < 1.29 is 19.0 Å². The van der Waals surface area contributed by atoms with Crippen LogP contribution in [-0.4, -0.2) is 32.9 Å². The normalized spacial score (nSPS) is 19.0. The first-order valence-corrected chi connectivity index (χ1v) is 5.69. The van der Waals surface area contributed by atoms with Gasteiger partial charge in [0.05, 0.1) is 20.3 Å². The molecule has 4 nitrogen and oxygen atoms in total. The van der Waals surface area contributed by atoms with Gasteiger partial charge in [-0.05, 0) is 18.6 Å². The molecule has 0 radical (unpaired) electrons. The average molecular weight is 236 g/mol. The van der Waals surface area contributed by atoms with Gasteiger partial charge in [0.1, 0.15) is 11.3 Å². The van der Waals surface area contributed by atoms with Gasteiger partial charge in [-0.15, -0.1) is 0 Å². The molecule has 0 spiro atoms. The van der Waals surface area contributed by atoms with E-state index in [4.69, 9.17) is 14.2 Å². The molecular weight excluding hydrogens is 220 g/mol. The van der Waals surface area contributed by atoms with E-state index in [2.05, 4.69) is 0 Å². The van der Waals surface area contributed by atoms with Crippen LogP contribution in [0.4, 0.5) is 0 Å². The summed E-state index contributed by atoms with van der Waals surface area (Å²) in [5.74, 6) is 0.621. The van der Waals surface area contributed by atoms with Crippen molar-refractivity contribution in [1.82, 2.24) is 0 Å². The lowest BCUT2D eigenvalue weighted by molar-refractivity contribution is 0.0595. The smallest absolute Gasteiger partial charge is 0.341 e. The zero-order valence-corrected chi connectivity index (χ0v) is 9.85. The molecule has 0 bridgehead atoms. The van der Waals surface area contributed by atoms with Crippen molar-refractivity contribution in [2.24, 2.45) is 5.92 Å². The molecular formula is C13H16O4. The lowest BCUT2D eigenvalue weighted by Crippen LogP contribution is -2.13. The van der Waals surface area contributed by atoms with Crippen LogP contribution in [0.2, 0.25) is 0 Å². The minimum absolute atomic E-state index is 0.372. The molecule has 4 heteroatoms. The molecule has 1 fully saturated rings. The van der Waals surface area contributed by atoms with Gasteiger partial charge in [-0.2, -0.15) is 0 Å². The van der Waals surface area contributed by atoms with Gasteiger partial charge >= 0.3 is 5.97 Å². The Balaban J connectivity index is 2.01. The number of benzene rings is 1. The third-order valence-corrected chi connectivity index (χ3v) is 2.79. The summed E-state index contributed by atoms with van der Waals surface area (Å²) in [5.41, 5.74) is 0.467. The van der Waals surface area contributed by atoms with Gasteiger partial charge in [0.25, 0.3) is 0 Å². The van der Waals surface area contributed by atoms with E-state index in [9.17, 15) is 4.79 Å². The molecule has 92 valence electrons. The van der Waals surface area contributed by atoms with Crippen LogP contribution in [-0.2, 0) is 9.47 Å². The molecule has 2 rings (SSSR count). The Bertz CT molecular complexity index is 383. The van der Waals surface area contributed by atoms with Crippen LogP contribution >= 0.6 is 0 Å². The Morgan fingerprint density at radius 2 is 2.29 bits per heavy atom. The van der Waals surface area contributed by atoms with E-state index in [1.165, 1.54) is 7.11 Å². The highest BCUT2D eigenvalue weighted by Crippen LogP contribution is 2.21. The first-order valence-electron chi connectivity index (χ1n) is 5.69. The molecule has 0 aliphatic carbocycles. The van der Waals surface area contributed by atoms with Crippen LogP contribution in [0.25, 0.3) is 0 Å². The van der Waals surface area contributed by atoms with E-state index >= 15 is 0 Å². The maximum atomic E-state index is 11.5. The number of ether oxygens (including phenoxy) is 3. The summed E-state index contributed by atoms with van der Waals surface area (Å²) in [7, 11) is 1.37. The lowest BCUT2D eigenvalue weighted by atomic mass is 10.1. The van der Waals surface area contributed by atoms with Gasteiger partial charge in [-0.25, -0.2) is 4.79 Å². The van der Waals surface area contributed by atoms with Crippen molar-refractivity contribution in [1.29, 1.82) is 0 Å². The predicted molar refractivity (Wildman–Crippen MR) is 62.2 cm³/mol. The van der Waals surface area contributed by atoms with Crippen molar-refractivity contribution in [3.63, 3.8) is 0 Å². The first kappa shape index (κ1) is 11.9. The SMILES string of the molecule is COC(=O)c1ccccc1OCC1CCOC1. The zero-order chi connectivity index (χ0) is 12.1.